The quantitative estimate of drug-likeness (QED) is 0.775. The average molecular weight is 275 g/mol. The zero-order valence-corrected chi connectivity index (χ0v) is 11.2. The summed E-state index contributed by atoms with van der Waals surface area (Å²) in [6.45, 7) is 0.789. The molecule has 0 radical (unpaired) electrons. The molecule has 0 unspecified atom stereocenters. The van der Waals surface area contributed by atoms with E-state index in [0.717, 1.165) is 21.8 Å². The van der Waals surface area contributed by atoms with Crippen LogP contribution in [0.15, 0.2) is 34.3 Å². The van der Waals surface area contributed by atoms with Crippen molar-refractivity contribution in [3.8, 4) is 0 Å². The number of nitrogens with one attached hydrogen (secondary N) is 1. The molecule has 0 saturated heterocycles. The monoisotopic (exact) mass is 275 g/mol. The van der Waals surface area contributed by atoms with Crippen LogP contribution in [0.4, 0.5) is 5.82 Å². The second kappa shape index (κ2) is 5.38. The summed E-state index contributed by atoms with van der Waals surface area (Å²) in [6.07, 6.45) is 1.63. The number of thiophene rings is 1. The van der Waals surface area contributed by atoms with Crippen molar-refractivity contribution in [2.75, 3.05) is 12.4 Å². The van der Waals surface area contributed by atoms with E-state index in [2.05, 4.69) is 15.3 Å². The van der Waals surface area contributed by atoms with Crippen LogP contribution in [0, 0.1) is 0 Å². The first-order chi connectivity index (χ1) is 9.36. The van der Waals surface area contributed by atoms with E-state index >= 15 is 0 Å². The minimum Gasteiger partial charge on any atom is -0.467 e. The Kier molecular flexibility index (Phi) is 3.43. The Labute approximate surface area is 114 Å². The number of rotatable bonds is 5. The molecule has 0 saturated carbocycles. The first-order valence-electron chi connectivity index (χ1n) is 5.89. The highest BCUT2D eigenvalue weighted by Crippen LogP contribution is 2.24. The zero-order chi connectivity index (χ0) is 13.1. The van der Waals surface area contributed by atoms with Crippen molar-refractivity contribution in [1.82, 2.24) is 9.97 Å². The van der Waals surface area contributed by atoms with Crippen molar-refractivity contribution in [2.45, 2.75) is 13.2 Å². The van der Waals surface area contributed by atoms with Gasteiger partial charge in [0, 0.05) is 7.05 Å². The molecule has 0 bridgehead atoms. The molecule has 0 aromatic carbocycles. The van der Waals surface area contributed by atoms with E-state index in [4.69, 9.17) is 9.15 Å². The molecule has 98 valence electrons. The molecule has 3 rings (SSSR count). The molecule has 3 aromatic rings. The lowest BCUT2D eigenvalue weighted by Crippen LogP contribution is -2.02. The fourth-order valence-corrected chi connectivity index (χ4v) is 2.58. The van der Waals surface area contributed by atoms with Gasteiger partial charge in [-0.15, -0.1) is 11.3 Å². The smallest absolute Gasteiger partial charge is 0.158 e. The molecular formula is C13H13N3O2S. The van der Waals surface area contributed by atoms with Crippen LogP contribution in [-0.4, -0.2) is 17.0 Å². The summed E-state index contributed by atoms with van der Waals surface area (Å²) in [4.78, 5) is 9.88. The van der Waals surface area contributed by atoms with Gasteiger partial charge in [-0.25, -0.2) is 9.97 Å². The Hall–Kier alpha value is -1.92. The first kappa shape index (κ1) is 12.1. The van der Waals surface area contributed by atoms with Crippen LogP contribution in [0.1, 0.15) is 11.6 Å². The van der Waals surface area contributed by atoms with Crippen molar-refractivity contribution in [2.24, 2.45) is 0 Å². The summed E-state index contributed by atoms with van der Waals surface area (Å²) in [6, 6.07) is 5.73. The number of anilines is 1. The van der Waals surface area contributed by atoms with Crippen LogP contribution in [0.3, 0.4) is 0 Å². The van der Waals surface area contributed by atoms with E-state index in [1.165, 1.54) is 0 Å². The van der Waals surface area contributed by atoms with E-state index in [1.807, 2.05) is 30.6 Å². The van der Waals surface area contributed by atoms with E-state index in [-0.39, 0.29) is 0 Å². The molecule has 0 fully saturated rings. The lowest BCUT2D eigenvalue weighted by atomic mass is 10.4. The van der Waals surface area contributed by atoms with Gasteiger partial charge in [0.1, 0.15) is 29.6 Å². The van der Waals surface area contributed by atoms with Gasteiger partial charge >= 0.3 is 0 Å². The molecule has 0 aliphatic carbocycles. The largest absolute Gasteiger partial charge is 0.467 e. The van der Waals surface area contributed by atoms with Gasteiger partial charge < -0.3 is 14.5 Å². The summed E-state index contributed by atoms with van der Waals surface area (Å²) >= 11 is 1.60. The Bertz CT molecular complexity index is 664. The third kappa shape index (κ3) is 2.59. The molecular weight excluding hydrogens is 262 g/mol. The van der Waals surface area contributed by atoms with Gasteiger partial charge in [0.15, 0.2) is 5.82 Å². The third-order valence-corrected chi connectivity index (χ3v) is 3.47. The van der Waals surface area contributed by atoms with Crippen molar-refractivity contribution in [1.29, 1.82) is 0 Å². The molecule has 0 spiro atoms. The molecule has 0 aliphatic rings. The van der Waals surface area contributed by atoms with Crippen molar-refractivity contribution in [3.05, 3.63) is 41.4 Å². The maximum atomic E-state index is 5.55. The lowest BCUT2D eigenvalue weighted by Gasteiger charge is -2.05. The number of ether oxygens (including phenoxy) is 1. The maximum Gasteiger partial charge on any atom is 0.158 e. The van der Waals surface area contributed by atoms with Crippen LogP contribution in [-0.2, 0) is 18.0 Å². The van der Waals surface area contributed by atoms with Gasteiger partial charge in [-0.1, -0.05) is 0 Å². The van der Waals surface area contributed by atoms with Crippen molar-refractivity contribution < 1.29 is 9.15 Å². The number of aromatic nitrogens is 2. The molecule has 6 heteroatoms. The molecule has 19 heavy (non-hydrogen) atoms. The zero-order valence-electron chi connectivity index (χ0n) is 10.4. The van der Waals surface area contributed by atoms with E-state index in [0.29, 0.717) is 19.0 Å². The second-order valence-corrected chi connectivity index (χ2v) is 4.84. The standard InChI is InChI=1S/C13H13N3O2S/c1-14-12-10-4-6-19-13(10)16-11(15-12)8-17-7-9-3-2-5-18-9/h2-6H,7-8H2,1H3,(H,14,15,16). The number of hydrogen-bond donors (Lipinski definition) is 1. The van der Waals surface area contributed by atoms with Crippen LogP contribution in [0.25, 0.3) is 10.2 Å². The van der Waals surface area contributed by atoms with Gasteiger partial charge in [-0.3, -0.25) is 0 Å². The summed E-state index contributed by atoms with van der Waals surface area (Å²) in [7, 11) is 1.85. The average Bonchev–Trinajstić information content (AvgIpc) is 3.08. The van der Waals surface area contributed by atoms with Crippen molar-refractivity contribution >= 4 is 27.4 Å². The number of furan rings is 1. The van der Waals surface area contributed by atoms with E-state index < -0.39 is 0 Å². The Morgan fingerprint density at radius 3 is 3.05 bits per heavy atom. The topological polar surface area (TPSA) is 60.2 Å². The molecule has 1 N–H and O–H groups in total. The highest BCUT2D eigenvalue weighted by Gasteiger charge is 2.08. The predicted octanol–water partition coefficient (Wildman–Crippen LogP) is 3.04. The first-order valence-corrected chi connectivity index (χ1v) is 6.77. The highest BCUT2D eigenvalue weighted by atomic mass is 32.1. The van der Waals surface area contributed by atoms with Gasteiger partial charge in [-0.05, 0) is 23.6 Å². The predicted molar refractivity (Wildman–Crippen MR) is 74.2 cm³/mol. The fraction of sp³-hybridized carbons (Fsp3) is 0.231. The number of fused-ring (bicyclic) bond motifs is 1. The number of nitrogens with zero attached hydrogens (tertiary/aromatic N) is 2. The van der Waals surface area contributed by atoms with Gasteiger partial charge in [0.25, 0.3) is 0 Å². The maximum absolute atomic E-state index is 5.55. The Morgan fingerprint density at radius 1 is 1.32 bits per heavy atom. The molecule has 3 aromatic heterocycles. The normalized spacial score (nSPS) is 11.0. The summed E-state index contributed by atoms with van der Waals surface area (Å²) in [5.41, 5.74) is 0. The van der Waals surface area contributed by atoms with E-state index in [1.54, 1.807) is 17.6 Å². The Morgan fingerprint density at radius 2 is 2.26 bits per heavy atom. The SMILES string of the molecule is CNc1nc(COCc2ccco2)nc2sccc12. The fourth-order valence-electron chi connectivity index (χ4n) is 1.79. The third-order valence-electron chi connectivity index (χ3n) is 2.66. The highest BCUT2D eigenvalue weighted by molar-refractivity contribution is 7.16. The lowest BCUT2D eigenvalue weighted by molar-refractivity contribution is 0.0884. The van der Waals surface area contributed by atoms with Gasteiger partial charge in [-0.2, -0.15) is 0 Å². The minimum atomic E-state index is 0.364. The van der Waals surface area contributed by atoms with Crippen LogP contribution >= 0.6 is 11.3 Å². The molecule has 0 aliphatic heterocycles. The molecule has 3 heterocycles. The van der Waals surface area contributed by atoms with Gasteiger partial charge in [0.2, 0.25) is 0 Å². The van der Waals surface area contributed by atoms with Crippen LogP contribution in [0.5, 0.6) is 0 Å². The Balaban J connectivity index is 1.73. The van der Waals surface area contributed by atoms with Crippen molar-refractivity contribution in [3.63, 3.8) is 0 Å². The second-order valence-electron chi connectivity index (χ2n) is 3.95. The summed E-state index contributed by atoms with van der Waals surface area (Å²) in [5.74, 6) is 2.31. The summed E-state index contributed by atoms with van der Waals surface area (Å²) in [5, 5.41) is 6.13. The van der Waals surface area contributed by atoms with E-state index in [9.17, 15) is 0 Å². The number of hydrogen-bond acceptors (Lipinski definition) is 6. The van der Waals surface area contributed by atoms with Crippen LogP contribution in [0.2, 0.25) is 0 Å². The van der Waals surface area contributed by atoms with Gasteiger partial charge in [0.05, 0.1) is 11.6 Å². The van der Waals surface area contributed by atoms with Crippen LogP contribution < -0.4 is 5.32 Å². The molecule has 0 amide bonds. The molecule has 5 nitrogen and oxygen atoms in total. The minimum absolute atomic E-state index is 0.364. The molecule has 0 atom stereocenters. The summed E-state index contributed by atoms with van der Waals surface area (Å²) < 4.78 is 10.7.